The summed E-state index contributed by atoms with van der Waals surface area (Å²) in [6, 6.07) is 18.3. The van der Waals surface area contributed by atoms with Crippen molar-refractivity contribution in [1.29, 1.82) is 0 Å². The van der Waals surface area contributed by atoms with Crippen molar-refractivity contribution in [3.63, 3.8) is 0 Å². The number of thiocarbonyl (C=S) groups is 1. The van der Waals surface area contributed by atoms with Crippen molar-refractivity contribution in [2.45, 2.75) is 24.3 Å². The van der Waals surface area contributed by atoms with E-state index < -0.39 is 10.1 Å². The molecule has 1 heterocycles. The molecule has 0 spiro atoms. The second-order valence-corrected chi connectivity index (χ2v) is 8.50. The Hall–Kier alpha value is -2.08. The van der Waals surface area contributed by atoms with Crippen molar-refractivity contribution in [2.24, 2.45) is 0 Å². The Kier molecular flexibility index (Phi) is 10.0. The number of hydrogen-bond donors (Lipinski definition) is 2. The van der Waals surface area contributed by atoms with Gasteiger partial charge in [0, 0.05) is 30.4 Å². The monoisotopic (exact) mass is 480 g/mol. The molecule has 0 saturated heterocycles. The smallest absolute Gasteiger partial charge is 0.744 e. The topological polar surface area (TPSA) is 116 Å². The maximum atomic E-state index is 12.1. The van der Waals surface area contributed by atoms with Crippen molar-refractivity contribution < 1.29 is 42.5 Å². The Morgan fingerprint density at radius 3 is 2.34 bits per heavy atom. The summed E-state index contributed by atoms with van der Waals surface area (Å²) in [4.78, 5) is 11.8. The largest absolute Gasteiger partial charge is 1.00 e. The summed E-state index contributed by atoms with van der Waals surface area (Å²) in [6.45, 7) is 1.08. The van der Waals surface area contributed by atoms with Gasteiger partial charge in [-0.2, -0.15) is 5.10 Å². The fourth-order valence-corrected chi connectivity index (χ4v) is 3.53. The van der Waals surface area contributed by atoms with Gasteiger partial charge in [0.2, 0.25) is 0 Å². The molecule has 3 rings (SSSR count). The van der Waals surface area contributed by atoms with E-state index in [0.29, 0.717) is 23.9 Å². The third kappa shape index (κ3) is 7.80. The van der Waals surface area contributed by atoms with E-state index in [1.807, 2.05) is 30.3 Å². The molecule has 11 heteroatoms. The number of benzene rings is 2. The van der Waals surface area contributed by atoms with Crippen LogP contribution in [0.5, 0.6) is 0 Å². The molecule has 0 saturated carbocycles. The van der Waals surface area contributed by atoms with E-state index in [-0.39, 0.29) is 40.0 Å². The van der Waals surface area contributed by atoms with Gasteiger partial charge in [-0.25, -0.2) is 13.1 Å². The summed E-state index contributed by atoms with van der Waals surface area (Å²) < 4.78 is 34.3. The summed E-state index contributed by atoms with van der Waals surface area (Å²) in [6.07, 6.45) is 1.50. The van der Waals surface area contributed by atoms with Crippen molar-refractivity contribution in [1.82, 2.24) is 15.1 Å². The molecular weight excluding hydrogens is 459 g/mol. The van der Waals surface area contributed by atoms with Gasteiger partial charge < -0.3 is 15.2 Å². The van der Waals surface area contributed by atoms with E-state index in [1.54, 1.807) is 6.07 Å². The maximum absolute atomic E-state index is 12.1. The number of aryl methyl sites for hydroxylation is 1. The molecule has 0 unspecified atom stereocenters. The summed E-state index contributed by atoms with van der Waals surface area (Å²) >= 11 is 5.21. The number of anilines is 1. The Balaban J connectivity index is 0.00000363. The van der Waals surface area contributed by atoms with Crippen molar-refractivity contribution in [3.8, 4) is 11.3 Å². The third-order valence-electron chi connectivity index (χ3n) is 4.42. The number of rotatable bonds is 8. The zero-order valence-electron chi connectivity index (χ0n) is 17.5. The SMILES string of the molecule is O=c1ccc(-c2ccccc2)nn1CCCCNC(=S)Nc1ccc(S(=O)(=O)[O-])cc1.[Na+]. The average Bonchev–Trinajstić information content (AvgIpc) is 2.75. The molecule has 0 amide bonds. The standard InChI is InChI=1S/C21H22N4O4S2.Na/c26-20-13-12-19(16-6-2-1-3-7-16)24-25(20)15-5-4-14-22-21(30)23-17-8-10-18(11-9-17)31(27,28)29;/h1-3,6-13H,4-5,14-15H2,(H2,22,23,30)(H,27,28,29);/q;+1/p-1. The van der Waals surface area contributed by atoms with Gasteiger partial charge in [0.05, 0.1) is 10.6 Å². The molecule has 0 aliphatic rings. The van der Waals surface area contributed by atoms with Crippen LogP contribution in [0, 0.1) is 0 Å². The normalized spacial score (nSPS) is 10.8. The van der Waals surface area contributed by atoms with Gasteiger partial charge in [0.15, 0.2) is 5.11 Å². The third-order valence-corrected chi connectivity index (χ3v) is 5.52. The van der Waals surface area contributed by atoms with Crippen LogP contribution in [0.4, 0.5) is 5.69 Å². The molecule has 1 aromatic heterocycles. The second kappa shape index (κ2) is 12.2. The molecule has 162 valence electrons. The van der Waals surface area contributed by atoms with E-state index in [1.165, 1.54) is 35.0 Å². The molecular formula is C21H21N4NaO4S2. The number of hydrogen-bond acceptors (Lipinski definition) is 6. The molecule has 0 bridgehead atoms. The number of unbranched alkanes of at least 4 members (excludes halogenated alkanes) is 1. The number of aromatic nitrogens is 2. The minimum Gasteiger partial charge on any atom is -0.744 e. The Bertz CT molecular complexity index is 1200. The second-order valence-electron chi connectivity index (χ2n) is 6.71. The summed E-state index contributed by atoms with van der Waals surface area (Å²) in [7, 11) is -4.47. The summed E-state index contributed by atoms with van der Waals surface area (Å²) in [5.74, 6) is 0. The molecule has 8 nitrogen and oxygen atoms in total. The number of nitrogens with zero attached hydrogens (tertiary/aromatic N) is 2. The van der Waals surface area contributed by atoms with Crippen LogP contribution in [-0.2, 0) is 16.7 Å². The van der Waals surface area contributed by atoms with Crippen molar-refractivity contribution >= 4 is 33.1 Å². The van der Waals surface area contributed by atoms with Gasteiger partial charge in [0.1, 0.15) is 10.1 Å². The summed E-state index contributed by atoms with van der Waals surface area (Å²) in [5, 5.41) is 10.8. The first-order valence-corrected chi connectivity index (χ1v) is 11.4. The van der Waals surface area contributed by atoms with Gasteiger partial charge in [-0.15, -0.1) is 0 Å². The van der Waals surface area contributed by atoms with Crippen LogP contribution in [0.1, 0.15) is 12.8 Å². The van der Waals surface area contributed by atoms with Crippen LogP contribution in [0.15, 0.2) is 76.4 Å². The predicted octanol–water partition coefficient (Wildman–Crippen LogP) is -0.415. The minimum absolute atomic E-state index is 0. The molecule has 0 radical (unpaired) electrons. The van der Waals surface area contributed by atoms with E-state index in [4.69, 9.17) is 12.2 Å². The molecule has 0 aliphatic carbocycles. The Labute approximate surface area is 214 Å². The fourth-order valence-electron chi connectivity index (χ4n) is 2.84. The maximum Gasteiger partial charge on any atom is 1.00 e. The van der Waals surface area contributed by atoms with Crippen LogP contribution >= 0.6 is 12.2 Å². The van der Waals surface area contributed by atoms with Crippen molar-refractivity contribution in [2.75, 3.05) is 11.9 Å². The van der Waals surface area contributed by atoms with Crippen LogP contribution in [0.25, 0.3) is 11.3 Å². The van der Waals surface area contributed by atoms with Crippen LogP contribution in [0.2, 0.25) is 0 Å². The van der Waals surface area contributed by atoms with Gasteiger partial charge in [0.25, 0.3) is 5.56 Å². The zero-order valence-corrected chi connectivity index (χ0v) is 21.2. The molecule has 0 atom stereocenters. The number of nitrogens with one attached hydrogen (secondary N) is 2. The van der Waals surface area contributed by atoms with Crippen molar-refractivity contribution in [3.05, 3.63) is 77.1 Å². The average molecular weight is 481 g/mol. The Morgan fingerprint density at radius 2 is 1.69 bits per heavy atom. The fraction of sp³-hybridized carbons (Fsp3) is 0.190. The molecule has 0 aliphatic heterocycles. The van der Waals surface area contributed by atoms with Crippen LogP contribution in [0.3, 0.4) is 0 Å². The van der Waals surface area contributed by atoms with E-state index >= 15 is 0 Å². The molecule has 32 heavy (non-hydrogen) atoms. The first-order valence-electron chi connectivity index (χ1n) is 9.57. The zero-order chi connectivity index (χ0) is 22.3. The molecule has 3 aromatic rings. The van der Waals surface area contributed by atoms with Crippen LogP contribution < -0.4 is 45.8 Å². The first kappa shape index (κ1) is 26.2. The van der Waals surface area contributed by atoms with Crippen LogP contribution in [-0.4, -0.2) is 34.4 Å². The van der Waals surface area contributed by atoms with E-state index in [0.717, 1.165) is 24.1 Å². The predicted molar refractivity (Wildman–Crippen MR) is 122 cm³/mol. The minimum atomic E-state index is -4.47. The Morgan fingerprint density at radius 1 is 1.00 bits per heavy atom. The molecule has 2 aromatic carbocycles. The summed E-state index contributed by atoms with van der Waals surface area (Å²) in [5.41, 5.74) is 2.13. The first-order chi connectivity index (χ1) is 14.8. The van der Waals surface area contributed by atoms with Gasteiger partial charge in [-0.1, -0.05) is 30.3 Å². The quantitative estimate of drug-likeness (QED) is 0.193. The van der Waals surface area contributed by atoms with E-state index in [9.17, 15) is 17.8 Å². The molecule has 0 fully saturated rings. The molecule has 2 N–H and O–H groups in total. The van der Waals surface area contributed by atoms with E-state index in [2.05, 4.69) is 15.7 Å². The van der Waals surface area contributed by atoms with Gasteiger partial charge in [-0.05, 0) is 55.4 Å². The van der Waals surface area contributed by atoms with Gasteiger partial charge in [-0.3, -0.25) is 4.79 Å². The van der Waals surface area contributed by atoms with Gasteiger partial charge >= 0.3 is 29.6 Å².